The Morgan fingerprint density at radius 2 is 1.88 bits per heavy atom. The lowest BCUT2D eigenvalue weighted by Gasteiger charge is -2.43. The van der Waals surface area contributed by atoms with Crippen molar-refractivity contribution in [1.82, 2.24) is 0 Å². The van der Waals surface area contributed by atoms with E-state index >= 15 is 0 Å². The molecule has 1 saturated carbocycles. The van der Waals surface area contributed by atoms with Crippen LogP contribution < -0.4 is 5.73 Å². The third kappa shape index (κ3) is 2.61. The summed E-state index contributed by atoms with van der Waals surface area (Å²) >= 11 is 0. The molecule has 5 heteroatoms. The quantitative estimate of drug-likeness (QED) is 0.833. The first-order valence-electron chi connectivity index (χ1n) is 5.42. The zero-order valence-electron chi connectivity index (χ0n) is 9.47. The van der Waals surface area contributed by atoms with Gasteiger partial charge in [0.2, 0.25) is 0 Å². The predicted octanol–water partition coefficient (Wildman–Crippen LogP) is 2.75. The predicted molar refractivity (Wildman–Crippen MR) is 58.8 cm³/mol. The molecule has 96 valence electrons. The lowest BCUT2D eigenvalue weighted by molar-refractivity contribution is -0.104. The minimum Gasteiger partial charge on any atom is -0.370 e. The molecule has 0 aliphatic heterocycles. The molecule has 17 heavy (non-hydrogen) atoms. The van der Waals surface area contributed by atoms with Crippen molar-refractivity contribution in [2.24, 2.45) is 5.73 Å². The van der Waals surface area contributed by atoms with Gasteiger partial charge in [0, 0.05) is 7.47 Å². The van der Waals surface area contributed by atoms with Crippen LogP contribution in [0.4, 0.5) is 13.2 Å². The molecule has 1 aromatic carbocycles. The molecular formula is C12H16F3NO. The zero-order chi connectivity index (χ0) is 12.6. The van der Waals surface area contributed by atoms with Gasteiger partial charge in [0.1, 0.15) is 0 Å². The summed E-state index contributed by atoms with van der Waals surface area (Å²) in [5, 5.41) is 0. The maximum atomic E-state index is 12.9. The van der Waals surface area contributed by atoms with Gasteiger partial charge >= 0.3 is 0 Å². The Hall–Kier alpha value is -1.07. The molecule has 0 unspecified atom stereocenters. The number of nitrogens with two attached hydrogens (primary N) is 1. The van der Waals surface area contributed by atoms with Crippen molar-refractivity contribution in [3.05, 3.63) is 35.1 Å². The number of hydrogen-bond acceptors (Lipinski definition) is 2. The van der Waals surface area contributed by atoms with Crippen LogP contribution in [0, 0.1) is 17.5 Å². The molecule has 0 radical (unpaired) electrons. The van der Waals surface area contributed by atoms with Gasteiger partial charge in [-0.1, -0.05) is 0 Å². The molecule has 2 rings (SSSR count). The standard InChI is InChI=1S/C12H14F3NO.H2/c1-12(4-8(16)5-12)17-6-7-2-9(13)11(15)10(14)3-7;/h2-3,8H,4-6,16H2,1H3;1H. The summed E-state index contributed by atoms with van der Waals surface area (Å²) in [7, 11) is 0. The molecule has 2 nitrogen and oxygen atoms in total. The Bertz CT molecular complexity index is 412. The van der Waals surface area contributed by atoms with E-state index < -0.39 is 17.5 Å². The van der Waals surface area contributed by atoms with Crippen molar-refractivity contribution in [3.63, 3.8) is 0 Å². The molecule has 0 aromatic heterocycles. The normalized spacial score (nSPS) is 27.9. The second kappa shape index (κ2) is 4.31. The fourth-order valence-corrected chi connectivity index (χ4v) is 2.12. The van der Waals surface area contributed by atoms with Crippen LogP contribution in [0.25, 0.3) is 0 Å². The molecule has 0 saturated heterocycles. The molecule has 1 aliphatic carbocycles. The van der Waals surface area contributed by atoms with Gasteiger partial charge in [-0.3, -0.25) is 0 Å². The molecule has 1 aromatic rings. The van der Waals surface area contributed by atoms with Crippen molar-refractivity contribution < 1.29 is 19.3 Å². The molecule has 0 atom stereocenters. The Balaban J connectivity index is 0.00000162. The van der Waals surface area contributed by atoms with Gasteiger partial charge in [-0.05, 0) is 37.5 Å². The van der Waals surface area contributed by atoms with E-state index in [1.54, 1.807) is 0 Å². The second-order valence-corrected chi connectivity index (χ2v) is 4.78. The smallest absolute Gasteiger partial charge is 0.194 e. The molecule has 0 amide bonds. The molecule has 0 bridgehead atoms. The summed E-state index contributed by atoms with van der Waals surface area (Å²) in [6.45, 7) is 1.95. The van der Waals surface area contributed by atoms with E-state index in [0.717, 1.165) is 25.0 Å². The van der Waals surface area contributed by atoms with E-state index in [1.165, 1.54) is 0 Å². The Morgan fingerprint density at radius 1 is 1.35 bits per heavy atom. The van der Waals surface area contributed by atoms with Crippen LogP contribution in [-0.2, 0) is 11.3 Å². The lowest BCUT2D eigenvalue weighted by atomic mass is 9.77. The van der Waals surface area contributed by atoms with Gasteiger partial charge in [-0.2, -0.15) is 0 Å². The summed E-state index contributed by atoms with van der Waals surface area (Å²) in [6.07, 6.45) is 1.44. The topological polar surface area (TPSA) is 35.2 Å². The van der Waals surface area contributed by atoms with E-state index in [0.29, 0.717) is 0 Å². The van der Waals surface area contributed by atoms with Crippen LogP contribution in [0.15, 0.2) is 12.1 Å². The van der Waals surface area contributed by atoms with Crippen molar-refractivity contribution in [2.75, 3.05) is 0 Å². The molecule has 1 aliphatic rings. The third-order valence-electron chi connectivity index (χ3n) is 3.02. The first kappa shape index (κ1) is 12.4. The maximum Gasteiger partial charge on any atom is 0.194 e. The molecular weight excluding hydrogens is 231 g/mol. The Labute approximate surface area is 99.1 Å². The van der Waals surface area contributed by atoms with Gasteiger partial charge in [-0.15, -0.1) is 0 Å². The van der Waals surface area contributed by atoms with Crippen molar-refractivity contribution in [2.45, 2.75) is 38.0 Å². The average molecular weight is 247 g/mol. The van der Waals surface area contributed by atoms with Crippen LogP contribution in [0.1, 0.15) is 26.8 Å². The van der Waals surface area contributed by atoms with Crippen molar-refractivity contribution in [3.8, 4) is 0 Å². The van der Waals surface area contributed by atoms with E-state index in [1.807, 2.05) is 6.92 Å². The first-order valence-corrected chi connectivity index (χ1v) is 5.42. The van der Waals surface area contributed by atoms with E-state index in [9.17, 15) is 13.2 Å². The number of halogens is 3. The highest BCUT2D eigenvalue weighted by Gasteiger charge is 2.39. The second-order valence-electron chi connectivity index (χ2n) is 4.78. The van der Waals surface area contributed by atoms with E-state index in [4.69, 9.17) is 10.5 Å². The highest BCUT2D eigenvalue weighted by molar-refractivity contribution is 5.19. The van der Waals surface area contributed by atoms with Crippen LogP contribution in [0.3, 0.4) is 0 Å². The van der Waals surface area contributed by atoms with Crippen LogP contribution in [-0.4, -0.2) is 11.6 Å². The fourth-order valence-electron chi connectivity index (χ4n) is 2.12. The Kier molecular flexibility index (Phi) is 3.14. The SMILES string of the molecule is CC1(OCc2cc(F)c(F)c(F)c2)CC(N)C1.[HH]. The van der Waals surface area contributed by atoms with Crippen LogP contribution >= 0.6 is 0 Å². The number of hydrogen-bond donors (Lipinski definition) is 1. The molecule has 0 spiro atoms. The zero-order valence-corrected chi connectivity index (χ0v) is 9.47. The van der Waals surface area contributed by atoms with E-state index in [-0.39, 0.29) is 25.2 Å². The van der Waals surface area contributed by atoms with Gasteiger partial charge in [0.15, 0.2) is 17.5 Å². The summed E-state index contributed by atoms with van der Waals surface area (Å²) < 4.78 is 44.1. The highest BCUT2D eigenvalue weighted by atomic mass is 19.2. The molecule has 2 N–H and O–H groups in total. The molecule has 0 heterocycles. The summed E-state index contributed by atoms with van der Waals surface area (Å²) in [4.78, 5) is 0. The number of rotatable bonds is 3. The minimum absolute atomic E-state index is 0. The maximum absolute atomic E-state index is 12.9. The minimum atomic E-state index is -1.45. The lowest BCUT2D eigenvalue weighted by Crippen LogP contribution is -2.50. The van der Waals surface area contributed by atoms with Gasteiger partial charge in [0.05, 0.1) is 12.2 Å². The van der Waals surface area contributed by atoms with Crippen molar-refractivity contribution >= 4 is 0 Å². The van der Waals surface area contributed by atoms with Gasteiger partial charge < -0.3 is 10.5 Å². The Morgan fingerprint density at radius 3 is 2.35 bits per heavy atom. The summed E-state index contributed by atoms with van der Waals surface area (Å²) in [5.41, 5.74) is 5.59. The number of benzene rings is 1. The van der Waals surface area contributed by atoms with Gasteiger partial charge in [-0.25, -0.2) is 13.2 Å². The fraction of sp³-hybridized carbons (Fsp3) is 0.500. The van der Waals surface area contributed by atoms with Gasteiger partial charge in [0.25, 0.3) is 0 Å². The summed E-state index contributed by atoms with van der Waals surface area (Å²) in [6, 6.07) is 2.02. The number of ether oxygens (including phenoxy) is 1. The molecule has 1 fully saturated rings. The van der Waals surface area contributed by atoms with E-state index in [2.05, 4.69) is 0 Å². The third-order valence-corrected chi connectivity index (χ3v) is 3.02. The van der Waals surface area contributed by atoms with Crippen molar-refractivity contribution in [1.29, 1.82) is 0 Å². The monoisotopic (exact) mass is 247 g/mol. The van der Waals surface area contributed by atoms with Crippen LogP contribution in [0.2, 0.25) is 0 Å². The summed E-state index contributed by atoms with van der Waals surface area (Å²) in [5.74, 6) is -3.84. The largest absolute Gasteiger partial charge is 0.370 e. The highest BCUT2D eigenvalue weighted by Crippen LogP contribution is 2.35. The average Bonchev–Trinajstić information content (AvgIpc) is 2.21. The van der Waals surface area contributed by atoms with Crippen LogP contribution in [0.5, 0.6) is 0 Å². The first-order chi connectivity index (χ1) is 7.89.